The molecule has 1 atom stereocenters. The van der Waals surface area contributed by atoms with Gasteiger partial charge in [0.15, 0.2) is 9.84 Å². The summed E-state index contributed by atoms with van der Waals surface area (Å²) < 4.78 is 29.6. The van der Waals surface area contributed by atoms with E-state index < -0.39 is 21.1 Å². The number of benzene rings is 1. The second-order valence-electron chi connectivity index (χ2n) is 6.81. The first kappa shape index (κ1) is 19.4. The number of likely N-dealkylation sites (tertiary alicyclic amines) is 1. The van der Waals surface area contributed by atoms with Crippen LogP contribution >= 0.6 is 0 Å². The van der Waals surface area contributed by atoms with Gasteiger partial charge < -0.3 is 9.64 Å². The number of hydrogen-bond acceptors (Lipinski definition) is 5. The molecule has 6 nitrogen and oxygen atoms in total. The molecule has 0 aromatic heterocycles. The molecule has 0 aliphatic carbocycles. The zero-order valence-electron chi connectivity index (χ0n) is 14.9. The van der Waals surface area contributed by atoms with Crippen LogP contribution in [0.4, 0.5) is 0 Å². The van der Waals surface area contributed by atoms with E-state index in [9.17, 15) is 18.0 Å². The van der Waals surface area contributed by atoms with Gasteiger partial charge in [0.1, 0.15) is 0 Å². The molecule has 1 amide bonds. The molecule has 0 unspecified atom stereocenters. The third-order valence-electron chi connectivity index (χ3n) is 4.29. The number of esters is 1. The van der Waals surface area contributed by atoms with E-state index in [1.165, 1.54) is 19.2 Å². The van der Waals surface area contributed by atoms with Crippen molar-refractivity contribution in [1.29, 1.82) is 0 Å². The van der Waals surface area contributed by atoms with Gasteiger partial charge >= 0.3 is 5.97 Å². The Balaban J connectivity index is 2.10. The zero-order valence-corrected chi connectivity index (χ0v) is 15.7. The summed E-state index contributed by atoms with van der Waals surface area (Å²) in [5.41, 5.74) is 0.810. The Hall–Kier alpha value is -1.89. The minimum absolute atomic E-state index is 0.0712. The summed E-state index contributed by atoms with van der Waals surface area (Å²) in [6, 6.07) is 6.22. The molecule has 1 fully saturated rings. The Morgan fingerprint density at radius 3 is 2.36 bits per heavy atom. The summed E-state index contributed by atoms with van der Waals surface area (Å²) in [5.74, 6) is -0.451. The fraction of sp³-hybridized carbons (Fsp3) is 0.556. The highest BCUT2D eigenvalue weighted by Gasteiger charge is 2.33. The Morgan fingerprint density at radius 2 is 1.80 bits per heavy atom. The van der Waals surface area contributed by atoms with Gasteiger partial charge in [-0.2, -0.15) is 0 Å². The lowest BCUT2D eigenvalue weighted by atomic mass is 10.1. The summed E-state index contributed by atoms with van der Waals surface area (Å²) in [4.78, 5) is 25.7. The van der Waals surface area contributed by atoms with Crippen LogP contribution in [0.3, 0.4) is 0 Å². The summed E-state index contributed by atoms with van der Waals surface area (Å²) >= 11 is 0. The fourth-order valence-electron chi connectivity index (χ4n) is 3.07. The molecule has 0 spiro atoms. The predicted octanol–water partition coefficient (Wildman–Crippen LogP) is 2.15. The van der Waals surface area contributed by atoms with E-state index in [0.29, 0.717) is 30.5 Å². The summed E-state index contributed by atoms with van der Waals surface area (Å²) in [5, 5.41) is -0.498. The van der Waals surface area contributed by atoms with Crippen molar-refractivity contribution in [3.05, 3.63) is 35.4 Å². The van der Waals surface area contributed by atoms with E-state index in [-0.39, 0.29) is 24.1 Å². The third kappa shape index (κ3) is 4.81. The van der Waals surface area contributed by atoms with Crippen LogP contribution in [0.1, 0.15) is 47.4 Å². The van der Waals surface area contributed by atoms with Crippen LogP contribution in [-0.4, -0.2) is 56.4 Å². The van der Waals surface area contributed by atoms with E-state index in [1.807, 2.05) is 13.8 Å². The van der Waals surface area contributed by atoms with Crippen molar-refractivity contribution >= 4 is 21.7 Å². The van der Waals surface area contributed by atoms with Gasteiger partial charge in [-0.1, -0.05) is 13.8 Å². The normalized spacial score (nSPS) is 18.2. The van der Waals surface area contributed by atoms with Gasteiger partial charge in [-0.05, 0) is 43.0 Å². The second kappa shape index (κ2) is 7.99. The van der Waals surface area contributed by atoms with Crippen LogP contribution in [0.5, 0.6) is 0 Å². The molecule has 25 heavy (non-hydrogen) atoms. The highest BCUT2D eigenvalue weighted by molar-refractivity contribution is 7.92. The molecular formula is C18H25NO5S. The van der Waals surface area contributed by atoms with Gasteiger partial charge in [0.05, 0.1) is 23.7 Å². The van der Waals surface area contributed by atoms with Crippen molar-refractivity contribution in [3.63, 3.8) is 0 Å². The molecule has 1 saturated heterocycles. The number of carbonyl (C=O) groups excluding carboxylic acids is 2. The zero-order chi connectivity index (χ0) is 18.6. The van der Waals surface area contributed by atoms with Gasteiger partial charge in [-0.15, -0.1) is 0 Å². The smallest absolute Gasteiger partial charge is 0.337 e. The average molecular weight is 367 g/mol. The van der Waals surface area contributed by atoms with Gasteiger partial charge in [0.25, 0.3) is 5.91 Å². The first-order chi connectivity index (χ1) is 11.7. The van der Waals surface area contributed by atoms with Crippen LogP contribution in [0, 0.1) is 5.92 Å². The standard InChI is InChI=1S/C18H25NO5S/c1-13(2)12-25(22,23)16-5-4-10-19(11-16)17(20)14-6-8-15(9-7-14)18(21)24-3/h6-9,13,16H,4-5,10-12H2,1-3H3/t16-/m0/s1. The SMILES string of the molecule is COC(=O)c1ccc(C(=O)N2CCC[C@H](S(=O)(=O)CC(C)C)C2)cc1. The topological polar surface area (TPSA) is 80.8 Å². The average Bonchev–Trinajstić information content (AvgIpc) is 2.59. The van der Waals surface area contributed by atoms with Crippen molar-refractivity contribution < 1.29 is 22.7 Å². The van der Waals surface area contributed by atoms with Crippen LogP contribution < -0.4 is 0 Å². The number of carbonyl (C=O) groups is 2. The first-order valence-corrected chi connectivity index (χ1v) is 10.2. The third-order valence-corrected chi connectivity index (χ3v) is 6.82. The van der Waals surface area contributed by atoms with Gasteiger partial charge in [-0.25, -0.2) is 13.2 Å². The highest BCUT2D eigenvalue weighted by atomic mass is 32.2. The number of rotatable bonds is 5. The van der Waals surface area contributed by atoms with Crippen LogP contribution in [0.2, 0.25) is 0 Å². The van der Waals surface area contributed by atoms with Crippen molar-refractivity contribution in [1.82, 2.24) is 4.90 Å². The lowest BCUT2D eigenvalue weighted by Gasteiger charge is -2.33. The van der Waals surface area contributed by atoms with Gasteiger partial charge in [0, 0.05) is 18.7 Å². The molecule has 138 valence electrons. The van der Waals surface area contributed by atoms with E-state index in [1.54, 1.807) is 17.0 Å². The van der Waals surface area contributed by atoms with Crippen molar-refractivity contribution in [2.75, 3.05) is 26.0 Å². The van der Waals surface area contributed by atoms with E-state index in [0.717, 1.165) is 0 Å². The summed E-state index contributed by atoms with van der Waals surface area (Å²) in [6.45, 7) is 4.54. The maximum absolute atomic E-state index is 12.7. The molecule has 0 bridgehead atoms. The predicted molar refractivity (Wildman–Crippen MR) is 95.3 cm³/mol. The number of methoxy groups -OCH3 is 1. The molecule has 2 rings (SSSR count). The molecule has 1 aliphatic heterocycles. The fourth-order valence-corrected chi connectivity index (χ4v) is 5.20. The Labute approximate surface area is 149 Å². The maximum atomic E-state index is 12.7. The number of ether oxygens (including phenoxy) is 1. The second-order valence-corrected chi connectivity index (χ2v) is 9.13. The largest absolute Gasteiger partial charge is 0.465 e. The van der Waals surface area contributed by atoms with Crippen LogP contribution in [-0.2, 0) is 14.6 Å². The Kier molecular flexibility index (Phi) is 6.21. The van der Waals surface area contributed by atoms with E-state index in [2.05, 4.69) is 4.74 Å². The van der Waals surface area contributed by atoms with Gasteiger partial charge in [0.2, 0.25) is 0 Å². The highest BCUT2D eigenvalue weighted by Crippen LogP contribution is 2.21. The molecule has 1 heterocycles. The lowest BCUT2D eigenvalue weighted by molar-refractivity contribution is 0.0599. The Morgan fingerprint density at radius 1 is 1.20 bits per heavy atom. The molecule has 1 aliphatic rings. The van der Waals surface area contributed by atoms with E-state index in [4.69, 9.17) is 0 Å². The molecule has 0 N–H and O–H groups in total. The molecule has 1 aromatic carbocycles. The van der Waals surface area contributed by atoms with Crippen LogP contribution in [0.25, 0.3) is 0 Å². The quantitative estimate of drug-likeness (QED) is 0.745. The molecule has 0 saturated carbocycles. The van der Waals surface area contributed by atoms with Crippen molar-refractivity contribution in [2.45, 2.75) is 31.9 Å². The molecular weight excluding hydrogens is 342 g/mol. The van der Waals surface area contributed by atoms with Crippen molar-refractivity contribution in [3.8, 4) is 0 Å². The van der Waals surface area contributed by atoms with Crippen molar-refractivity contribution in [2.24, 2.45) is 5.92 Å². The molecule has 7 heteroatoms. The molecule has 0 radical (unpaired) electrons. The minimum Gasteiger partial charge on any atom is -0.465 e. The maximum Gasteiger partial charge on any atom is 0.337 e. The number of amides is 1. The van der Waals surface area contributed by atoms with E-state index >= 15 is 0 Å². The summed E-state index contributed by atoms with van der Waals surface area (Å²) in [6.07, 6.45) is 1.27. The summed E-state index contributed by atoms with van der Waals surface area (Å²) in [7, 11) is -1.91. The monoisotopic (exact) mass is 367 g/mol. The number of hydrogen-bond donors (Lipinski definition) is 0. The number of sulfone groups is 1. The van der Waals surface area contributed by atoms with Crippen LogP contribution in [0.15, 0.2) is 24.3 Å². The Bertz CT molecular complexity index is 724. The lowest BCUT2D eigenvalue weighted by Crippen LogP contribution is -2.46. The first-order valence-electron chi connectivity index (χ1n) is 8.44. The number of piperidine rings is 1. The van der Waals surface area contributed by atoms with Gasteiger partial charge in [-0.3, -0.25) is 4.79 Å². The minimum atomic E-state index is -3.21. The number of nitrogens with zero attached hydrogens (tertiary/aromatic N) is 1. The molecule has 1 aromatic rings.